The van der Waals surface area contributed by atoms with Crippen molar-refractivity contribution in [3.8, 4) is 0 Å². The van der Waals surface area contributed by atoms with E-state index in [9.17, 15) is 28.8 Å². The highest BCUT2D eigenvalue weighted by Crippen LogP contribution is 2.03. The molecular formula is C15H24N4O9S2. The van der Waals surface area contributed by atoms with Gasteiger partial charge in [0.25, 0.3) is 0 Å². The van der Waals surface area contributed by atoms with E-state index < -0.39 is 79.1 Å². The van der Waals surface area contributed by atoms with Crippen molar-refractivity contribution in [2.24, 2.45) is 5.73 Å². The average molecular weight is 469 g/mol. The Balaban J connectivity index is 5.45. The fraction of sp³-hybridized carbons (Fsp3) is 0.600. The predicted molar refractivity (Wildman–Crippen MR) is 108 cm³/mol. The van der Waals surface area contributed by atoms with E-state index in [0.29, 0.717) is 0 Å². The van der Waals surface area contributed by atoms with Crippen LogP contribution in [0.25, 0.3) is 0 Å². The predicted octanol–water partition coefficient (Wildman–Crippen LogP) is -2.95. The molecule has 0 saturated carbocycles. The molecule has 8 N–H and O–H groups in total. The zero-order valence-corrected chi connectivity index (χ0v) is 17.4. The van der Waals surface area contributed by atoms with Gasteiger partial charge >= 0.3 is 17.9 Å². The third-order valence-electron chi connectivity index (χ3n) is 3.62. The first-order valence-electron chi connectivity index (χ1n) is 8.47. The summed E-state index contributed by atoms with van der Waals surface area (Å²) in [6.45, 7) is 0. The highest BCUT2D eigenvalue weighted by atomic mass is 32.1. The summed E-state index contributed by atoms with van der Waals surface area (Å²) in [5.41, 5.74) is 5.46. The van der Waals surface area contributed by atoms with Gasteiger partial charge in [-0.2, -0.15) is 25.3 Å². The van der Waals surface area contributed by atoms with Gasteiger partial charge in [0.2, 0.25) is 17.7 Å². The molecule has 0 saturated heterocycles. The van der Waals surface area contributed by atoms with Gasteiger partial charge in [-0.3, -0.25) is 24.0 Å². The zero-order valence-electron chi connectivity index (χ0n) is 15.6. The smallest absolute Gasteiger partial charge is 0.327 e. The van der Waals surface area contributed by atoms with Crippen LogP contribution in [0.15, 0.2) is 0 Å². The number of aliphatic carboxylic acids is 3. The number of nitrogens with two attached hydrogens (primary N) is 1. The number of carbonyl (C=O) groups excluding carboxylic acids is 3. The molecule has 0 aromatic carbocycles. The average Bonchev–Trinajstić information content (AvgIpc) is 2.66. The summed E-state index contributed by atoms with van der Waals surface area (Å²) >= 11 is 7.60. The lowest BCUT2D eigenvalue weighted by Crippen LogP contribution is -2.57. The highest BCUT2D eigenvalue weighted by molar-refractivity contribution is 7.80. The van der Waals surface area contributed by atoms with Gasteiger partial charge in [0.05, 0.1) is 12.5 Å². The molecule has 4 unspecified atom stereocenters. The van der Waals surface area contributed by atoms with Crippen molar-refractivity contribution in [1.29, 1.82) is 0 Å². The van der Waals surface area contributed by atoms with Gasteiger partial charge in [0.1, 0.15) is 18.1 Å². The number of carbonyl (C=O) groups is 6. The Labute approximate surface area is 181 Å². The van der Waals surface area contributed by atoms with Crippen LogP contribution >= 0.6 is 25.3 Å². The maximum atomic E-state index is 12.5. The van der Waals surface area contributed by atoms with E-state index >= 15 is 0 Å². The maximum Gasteiger partial charge on any atom is 0.327 e. The largest absolute Gasteiger partial charge is 0.481 e. The lowest BCUT2D eigenvalue weighted by Gasteiger charge is -2.24. The van der Waals surface area contributed by atoms with Crippen molar-refractivity contribution in [2.75, 3.05) is 11.5 Å². The zero-order chi connectivity index (χ0) is 23.4. The maximum absolute atomic E-state index is 12.5. The molecule has 0 heterocycles. The van der Waals surface area contributed by atoms with Crippen molar-refractivity contribution >= 4 is 60.9 Å². The van der Waals surface area contributed by atoms with Crippen LogP contribution in [0.4, 0.5) is 0 Å². The second-order valence-electron chi connectivity index (χ2n) is 6.02. The van der Waals surface area contributed by atoms with Gasteiger partial charge in [-0.25, -0.2) is 4.79 Å². The van der Waals surface area contributed by atoms with Crippen molar-refractivity contribution < 1.29 is 44.1 Å². The van der Waals surface area contributed by atoms with E-state index in [2.05, 4.69) is 41.2 Å². The van der Waals surface area contributed by atoms with E-state index in [0.717, 1.165) is 0 Å². The van der Waals surface area contributed by atoms with Crippen LogP contribution in [-0.2, 0) is 28.8 Å². The SMILES string of the molecule is NC(CS)C(=O)NC(CC(=O)O)C(=O)NC(CCC(=O)O)C(=O)NC(CS)C(=O)O. The molecule has 0 spiro atoms. The Morgan fingerprint density at radius 2 is 1.23 bits per heavy atom. The first-order chi connectivity index (χ1) is 13.9. The standard InChI is InChI=1S/C15H24N4O9S2/c16-6(4-29)12(24)18-8(3-11(22)23)14(26)17-7(1-2-10(20)21)13(25)19-9(5-30)15(27)28/h6-9,29-30H,1-5,16H2,(H,17,26)(H,18,24)(H,19,25)(H,20,21)(H,22,23)(H,27,28). The van der Waals surface area contributed by atoms with Crippen LogP contribution in [0, 0.1) is 0 Å². The van der Waals surface area contributed by atoms with Crippen LogP contribution in [-0.4, -0.2) is 86.6 Å². The van der Waals surface area contributed by atoms with Crippen molar-refractivity contribution in [3.63, 3.8) is 0 Å². The minimum Gasteiger partial charge on any atom is -0.481 e. The van der Waals surface area contributed by atoms with Gasteiger partial charge in [0.15, 0.2) is 0 Å². The first kappa shape index (κ1) is 27.5. The Morgan fingerprint density at radius 1 is 0.733 bits per heavy atom. The third kappa shape index (κ3) is 10.3. The number of amides is 3. The summed E-state index contributed by atoms with van der Waals surface area (Å²) in [7, 11) is 0. The molecule has 0 aromatic rings. The normalized spacial score (nSPS) is 14.5. The van der Waals surface area contributed by atoms with Gasteiger partial charge in [-0.05, 0) is 6.42 Å². The first-order valence-corrected chi connectivity index (χ1v) is 9.74. The second-order valence-corrected chi connectivity index (χ2v) is 6.75. The minimum atomic E-state index is -1.62. The number of hydrogen-bond acceptors (Lipinski definition) is 9. The topological polar surface area (TPSA) is 225 Å². The molecule has 0 aliphatic carbocycles. The third-order valence-corrected chi connectivity index (χ3v) is 4.38. The lowest BCUT2D eigenvalue weighted by atomic mass is 10.1. The fourth-order valence-corrected chi connectivity index (χ4v) is 2.43. The van der Waals surface area contributed by atoms with Crippen LogP contribution in [0.5, 0.6) is 0 Å². The lowest BCUT2D eigenvalue weighted by molar-refractivity contribution is -0.143. The Hall–Kier alpha value is -2.52. The molecule has 0 aliphatic heterocycles. The molecule has 0 bridgehead atoms. The van der Waals surface area contributed by atoms with Crippen molar-refractivity contribution in [1.82, 2.24) is 16.0 Å². The molecule has 0 radical (unpaired) electrons. The van der Waals surface area contributed by atoms with E-state index in [1.54, 1.807) is 0 Å². The van der Waals surface area contributed by atoms with Crippen LogP contribution in [0.2, 0.25) is 0 Å². The monoisotopic (exact) mass is 468 g/mol. The van der Waals surface area contributed by atoms with Crippen molar-refractivity contribution in [3.05, 3.63) is 0 Å². The van der Waals surface area contributed by atoms with Gasteiger partial charge in [0, 0.05) is 17.9 Å². The molecule has 30 heavy (non-hydrogen) atoms. The summed E-state index contributed by atoms with van der Waals surface area (Å²) in [6.07, 6.45) is -1.83. The molecule has 13 nitrogen and oxygen atoms in total. The number of rotatable bonds is 14. The summed E-state index contributed by atoms with van der Waals surface area (Å²) < 4.78 is 0. The number of nitrogens with one attached hydrogen (secondary N) is 3. The molecule has 0 aromatic heterocycles. The van der Waals surface area contributed by atoms with Gasteiger partial charge in [-0.1, -0.05) is 0 Å². The van der Waals surface area contributed by atoms with Crippen molar-refractivity contribution in [2.45, 2.75) is 43.4 Å². The second kappa shape index (κ2) is 13.7. The molecule has 170 valence electrons. The molecule has 0 fully saturated rings. The number of carboxylic acid groups (broad SMARTS) is 3. The molecule has 15 heteroatoms. The fourth-order valence-electron chi connectivity index (χ4n) is 2.01. The van der Waals surface area contributed by atoms with E-state index in [1.165, 1.54) is 0 Å². The number of carboxylic acids is 3. The Kier molecular flexibility index (Phi) is 12.5. The number of hydrogen-bond donors (Lipinski definition) is 9. The quantitative estimate of drug-likeness (QED) is 0.118. The summed E-state index contributed by atoms with van der Waals surface area (Å²) in [5.74, 6) is -7.48. The van der Waals surface area contributed by atoms with Gasteiger partial charge < -0.3 is 37.0 Å². The van der Waals surface area contributed by atoms with Crippen LogP contribution < -0.4 is 21.7 Å². The summed E-state index contributed by atoms with van der Waals surface area (Å²) in [5, 5.41) is 33.1. The highest BCUT2D eigenvalue weighted by Gasteiger charge is 2.31. The van der Waals surface area contributed by atoms with Crippen LogP contribution in [0.3, 0.4) is 0 Å². The van der Waals surface area contributed by atoms with Crippen LogP contribution in [0.1, 0.15) is 19.3 Å². The van der Waals surface area contributed by atoms with Gasteiger partial charge in [-0.15, -0.1) is 0 Å². The molecular weight excluding hydrogens is 444 g/mol. The molecule has 0 aliphatic rings. The molecule has 0 rings (SSSR count). The van der Waals surface area contributed by atoms with E-state index in [4.69, 9.17) is 21.1 Å². The molecule has 4 atom stereocenters. The summed E-state index contributed by atoms with van der Waals surface area (Å²) in [6, 6.07) is -5.67. The summed E-state index contributed by atoms with van der Waals surface area (Å²) in [4.78, 5) is 69.6. The van der Waals surface area contributed by atoms with E-state index in [-0.39, 0.29) is 11.5 Å². The Morgan fingerprint density at radius 3 is 1.67 bits per heavy atom. The van der Waals surface area contributed by atoms with E-state index in [1.807, 2.05) is 0 Å². The molecule has 3 amide bonds. The minimum absolute atomic E-state index is 0.0861. The Bertz CT molecular complexity index is 676. The number of thiol groups is 2.